The minimum absolute atomic E-state index is 0.248. The van der Waals surface area contributed by atoms with Gasteiger partial charge in [0.2, 0.25) is 0 Å². The normalized spacial score (nSPS) is 22.0. The predicted octanol–water partition coefficient (Wildman–Crippen LogP) is 5.51. The molecular formula is C25H32Cl2N6O. The number of hydrogen-bond acceptors (Lipinski definition) is 7. The van der Waals surface area contributed by atoms with E-state index >= 15 is 0 Å². The summed E-state index contributed by atoms with van der Waals surface area (Å²) in [5.41, 5.74) is 2.09. The molecule has 34 heavy (non-hydrogen) atoms. The van der Waals surface area contributed by atoms with Gasteiger partial charge in [-0.3, -0.25) is 0 Å². The minimum Gasteiger partial charge on any atom is -0.383 e. The molecule has 2 saturated carbocycles. The second kappa shape index (κ2) is 11.1. The van der Waals surface area contributed by atoms with Crippen LogP contribution >= 0.6 is 23.2 Å². The average Bonchev–Trinajstić information content (AvgIpc) is 3.62. The largest absolute Gasteiger partial charge is 0.383 e. The molecule has 7 nitrogen and oxygen atoms in total. The van der Waals surface area contributed by atoms with Gasteiger partial charge in [0.1, 0.15) is 11.0 Å². The van der Waals surface area contributed by atoms with Crippen LogP contribution in [-0.4, -0.2) is 48.4 Å². The molecule has 0 aliphatic heterocycles. The van der Waals surface area contributed by atoms with Crippen LogP contribution in [-0.2, 0) is 4.74 Å². The van der Waals surface area contributed by atoms with E-state index in [1.165, 1.54) is 0 Å². The fraction of sp³-hybridized carbons (Fsp3) is 0.560. The van der Waals surface area contributed by atoms with Gasteiger partial charge in [-0.15, -0.1) is 0 Å². The fourth-order valence-corrected chi connectivity index (χ4v) is 4.93. The topological polar surface area (TPSA) is 94.9 Å². The summed E-state index contributed by atoms with van der Waals surface area (Å²) in [5, 5.41) is 20.8. The molecule has 1 atom stereocenters. The molecule has 0 radical (unpaired) electrons. The number of anilines is 2. The highest BCUT2D eigenvalue weighted by Crippen LogP contribution is 2.45. The molecule has 2 heterocycles. The average molecular weight is 503 g/mol. The summed E-state index contributed by atoms with van der Waals surface area (Å²) in [6.45, 7) is 3.49. The Bertz CT molecular complexity index is 1030. The molecular weight excluding hydrogens is 471 g/mol. The van der Waals surface area contributed by atoms with Gasteiger partial charge in [0.25, 0.3) is 0 Å². The third-order valence-electron chi connectivity index (χ3n) is 6.72. The van der Waals surface area contributed by atoms with Crippen molar-refractivity contribution in [2.24, 2.45) is 5.41 Å². The van der Waals surface area contributed by atoms with E-state index < -0.39 is 0 Å². The highest BCUT2D eigenvalue weighted by atomic mass is 35.5. The van der Waals surface area contributed by atoms with Crippen molar-refractivity contribution < 1.29 is 4.74 Å². The Morgan fingerprint density at radius 2 is 1.85 bits per heavy atom. The monoisotopic (exact) mass is 502 g/mol. The standard InChI is InChI=1S/C25H32Cl2N6O/c1-16(13-34-2)32-17-3-5-18(6-4-17)33-23-10-20(22(26)12-29-23)21-9-19(11-30-24(21)27)31-15-25(14-28)7-8-25/h9-12,16-18,31-32H,3-8,13,15H2,1-2H3,(H,29,33). The summed E-state index contributed by atoms with van der Waals surface area (Å²) in [6, 6.07) is 7.52. The number of pyridine rings is 2. The quantitative estimate of drug-likeness (QED) is 0.368. The molecule has 9 heteroatoms. The third-order valence-corrected chi connectivity index (χ3v) is 7.32. The number of nitriles is 1. The van der Waals surface area contributed by atoms with Crippen molar-refractivity contribution >= 4 is 34.7 Å². The highest BCUT2D eigenvalue weighted by molar-refractivity contribution is 6.36. The third kappa shape index (κ3) is 6.31. The van der Waals surface area contributed by atoms with Gasteiger partial charge < -0.3 is 20.7 Å². The Labute approximate surface area is 211 Å². The molecule has 4 rings (SSSR count). The molecule has 182 valence electrons. The molecule has 0 spiro atoms. The molecule has 2 aliphatic carbocycles. The zero-order chi connectivity index (χ0) is 24.1. The molecule has 3 N–H and O–H groups in total. The van der Waals surface area contributed by atoms with Crippen molar-refractivity contribution in [1.82, 2.24) is 15.3 Å². The Morgan fingerprint density at radius 1 is 1.12 bits per heavy atom. The van der Waals surface area contributed by atoms with Crippen LogP contribution in [0.15, 0.2) is 24.5 Å². The summed E-state index contributed by atoms with van der Waals surface area (Å²) >= 11 is 13.0. The van der Waals surface area contributed by atoms with Crippen molar-refractivity contribution in [2.75, 3.05) is 30.9 Å². The zero-order valence-corrected chi connectivity index (χ0v) is 21.2. The lowest BCUT2D eigenvalue weighted by Crippen LogP contribution is -2.42. The van der Waals surface area contributed by atoms with Gasteiger partial charge in [0.05, 0.1) is 35.0 Å². The van der Waals surface area contributed by atoms with Crippen LogP contribution < -0.4 is 16.0 Å². The number of ether oxygens (including phenoxy) is 1. The van der Waals surface area contributed by atoms with Crippen LogP contribution in [0.4, 0.5) is 11.5 Å². The molecule has 0 amide bonds. The Morgan fingerprint density at radius 3 is 2.53 bits per heavy atom. The highest BCUT2D eigenvalue weighted by Gasteiger charge is 2.42. The molecule has 0 aromatic carbocycles. The second-order valence-electron chi connectivity index (χ2n) is 9.57. The lowest BCUT2D eigenvalue weighted by Gasteiger charge is -2.32. The summed E-state index contributed by atoms with van der Waals surface area (Å²) in [5.74, 6) is 0.777. The maximum atomic E-state index is 9.32. The van der Waals surface area contributed by atoms with Crippen molar-refractivity contribution in [3.63, 3.8) is 0 Å². The Hall–Kier alpha value is -2.11. The van der Waals surface area contributed by atoms with Gasteiger partial charge >= 0.3 is 0 Å². The molecule has 0 saturated heterocycles. The van der Waals surface area contributed by atoms with Crippen molar-refractivity contribution in [2.45, 2.75) is 63.6 Å². The van der Waals surface area contributed by atoms with E-state index in [1.54, 1.807) is 19.5 Å². The van der Waals surface area contributed by atoms with Crippen molar-refractivity contribution in [3.8, 4) is 17.2 Å². The SMILES string of the molecule is COCC(C)NC1CCC(Nc2cc(-c3cc(NCC4(C#N)CC4)cnc3Cl)c(Cl)cn2)CC1. The van der Waals surface area contributed by atoms with Gasteiger partial charge in [-0.2, -0.15) is 5.26 Å². The second-order valence-corrected chi connectivity index (χ2v) is 10.3. The number of halogens is 2. The van der Waals surface area contributed by atoms with Gasteiger partial charge in [-0.1, -0.05) is 23.2 Å². The molecule has 1 unspecified atom stereocenters. The van der Waals surface area contributed by atoms with Crippen LogP contribution in [0.2, 0.25) is 10.2 Å². The molecule has 2 aromatic rings. The molecule has 2 aliphatic rings. The molecule has 2 aromatic heterocycles. The Balaban J connectivity index is 1.41. The predicted molar refractivity (Wildman–Crippen MR) is 137 cm³/mol. The number of hydrogen-bond donors (Lipinski definition) is 3. The number of methoxy groups -OCH3 is 1. The number of rotatable bonds is 10. The first-order valence-electron chi connectivity index (χ1n) is 11.9. The maximum absolute atomic E-state index is 9.32. The van der Waals surface area contributed by atoms with Gasteiger partial charge in [-0.05, 0) is 57.6 Å². The van der Waals surface area contributed by atoms with Crippen LogP contribution in [0, 0.1) is 16.7 Å². The van der Waals surface area contributed by atoms with Crippen molar-refractivity contribution in [1.29, 1.82) is 5.26 Å². The summed E-state index contributed by atoms with van der Waals surface area (Å²) < 4.78 is 5.23. The number of nitrogens with zero attached hydrogens (tertiary/aromatic N) is 3. The van der Waals surface area contributed by atoms with E-state index in [9.17, 15) is 5.26 Å². The fourth-order valence-electron chi connectivity index (χ4n) is 4.52. The first-order valence-corrected chi connectivity index (χ1v) is 12.6. The minimum atomic E-state index is -0.248. The van der Waals surface area contributed by atoms with Gasteiger partial charge in [0.15, 0.2) is 0 Å². The number of nitrogens with one attached hydrogen (secondary N) is 3. The van der Waals surface area contributed by atoms with Crippen LogP contribution in [0.3, 0.4) is 0 Å². The van der Waals surface area contributed by atoms with Crippen LogP contribution in [0.1, 0.15) is 45.4 Å². The zero-order valence-electron chi connectivity index (χ0n) is 19.7. The maximum Gasteiger partial charge on any atom is 0.137 e. The van der Waals surface area contributed by atoms with E-state index in [0.29, 0.717) is 34.8 Å². The summed E-state index contributed by atoms with van der Waals surface area (Å²) in [4.78, 5) is 8.84. The van der Waals surface area contributed by atoms with Gasteiger partial charge in [0, 0.05) is 49.1 Å². The molecule has 2 fully saturated rings. The van der Waals surface area contributed by atoms with Crippen LogP contribution in [0.5, 0.6) is 0 Å². The summed E-state index contributed by atoms with van der Waals surface area (Å²) in [7, 11) is 1.74. The first kappa shape index (κ1) is 25.0. The first-order chi connectivity index (χ1) is 16.4. The lowest BCUT2D eigenvalue weighted by atomic mass is 9.90. The van der Waals surface area contributed by atoms with Crippen molar-refractivity contribution in [3.05, 3.63) is 34.7 Å². The Kier molecular flexibility index (Phi) is 8.15. The van der Waals surface area contributed by atoms with E-state index in [1.807, 2.05) is 12.1 Å². The summed E-state index contributed by atoms with van der Waals surface area (Å²) in [6.07, 6.45) is 9.57. The van der Waals surface area contributed by atoms with Crippen LogP contribution in [0.25, 0.3) is 11.1 Å². The molecule has 0 bridgehead atoms. The van der Waals surface area contributed by atoms with E-state index in [4.69, 9.17) is 27.9 Å². The van der Waals surface area contributed by atoms with E-state index in [2.05, 4.69) is 38.9 Å². The van der Waals surface area contributed by atoms with E-state index in [-0.39, 0.29) is 5.41 Å². The number of aromatic nitrogens is 2. The smallest absolute Gasteiger partial charge is 0.137 e. The van der Waals surface area contributed by atoms with E-state index in [0.717, 1.165) is 67.8 Å². The van der Waals surface area contributed by atoms with Gasteiger partial charge in [-0.25, -0.2) is 9.97 Å². The lowest BCUT2D eigenvalue weighted by molar-refractivity contribution is 0.161.